The molecule has 1 aromatic carbocycles. The third kappa shape index (κ3) is 19.3. The number of carbonyl (C=O) groups is 1. The molecule has 1 aliphatic heterocycles. The monoisotopic (exact) mass is 820 g/mol. The van der Waals surface area contributed by atoms with E-state index in [-0.39, 0.29) is 25.5 Å². The normalized spacial score (nSPS) is 18.7. The van der Waals surface area contributed by atoms with E-state index in [1.807, 2.05) is 4.98 Å². The Balaban J connectivity index is 1.26. The summed E-state index contributed by atoms with van der Waals surface area (Å²) < 4.78 is 45.4. The van der Waals surface area contributed by atoms with Gasteiger partial charge in [-0.25, -0.2) is 14.4 Å². The first kappa shape index (κ1) is 46.0. The summed E-state index contributed by atoms with van der Waals surface area (Å²) in [7, 11) is -0.852. The Morgan fingerprint density at radius 1 is 0.982 bits per heavy atom. The SMILES string of the molecule is CC/C=C\C/C=C\C/C=C\C/C=C\C/C=C\CCCC(=O)NCCSSCCNP(=O)(OC[C@H]1OC(n2cc(F)c(=O)[nH]c2=O)C[C@@H]1O)Oc1ccccc1. The number of rotatable bonds is 27. The summed E-state index contributed by atoms with van der Waals surface area (Å²) in [5, 5.41) is 16.3. The van der Waals surface area contributed by atoms with E-state index in [1.165, 1.54) is 10.8 Å². The summed E-state index contributed by atoms with van der Waals surface area (Å²) in [6, 6.07) is 8.45. The van der Waals surface area contributed by atoms with Gasteiger partial charge in [-0.3, -0.25) is 23.7 Å². The van der Waals surface area contributed by atoms with Crippen LogP contribution in [0.2, 0.25) is 0 Å². The van der Waals surface area contributed by atoms with Gasteiger partial charge in [-0.1, -0.05) is 107 Å². The fourth-order valence-electron chi connectivity index (χ4n) is 5.02. The second kappa shape index (κ2) is 27.2. The number of para-hydroxylation sites is 1. The molecule has 4 atom stereocenters. The van der Waals surface area contributed by atoms with Crippen molar-refractivity contribution in [2.45, 2.75) is 83.1 Å². The van der Waals surface area contributed by atoms with Crippen molar-refractivity contribution in [3.63, 3.8) is 0 Å². The predicted octanol–water partition coefficient (Wildman–Crippen LogP) is 7.54. The number of ether oxygens (including phenoxy) is 1. The number of amides is 1. The molecule has 4 N–H and O–H groups in total. The molecule has 0 radical (unpaired) electrons. The highest BCUT2D eigenvalue weighted by atomic mass is 33.1. The van der Waals surface area contributed by atoms with Gasteiger partial charge in [0.25, 0.3) is 5.56 Å². The van der Waals surface area contributed by atoms with Crippen molar-refractivity contribution in [2.24, 2.45) is 0 Å². The highest BCUT2D eigenvalue weighted by Crippen LogP contribution is 2.45. The van der Waals surface area contributed by atoms with Crippen LogP contribution in [0.15, 0.2) is 107 Å². The Labute approximate surface area is 330 Å². The number of aromatic amines is 1. The van der Waals surface area contributed by atoms with Crippen LogP contribution in [0, 0.1) is 5.82 Å². The molecule has 2 heterocycles. The number of unbranched alkanes of at least 4 members (excludes halogenated alkanes) is 1. The quantitative estimate of drug-likeness (QED) is 0.0305. The molecular formula is C39H54FN4O8PS2. The number of benzene rings is 1. The van der Waals surface area contributed by atoms with E-state index < -0.39 is 43.2 Å². The second-order valence-electron chi connectivity index (χ2n) is 12.3. The van der Waals surface area contributed by atoms with E-state index >= 15 is 0 Å². The van der Waals surface area contributed by atoms with Gasteiger partial charge in [-0.05, 0) is 57.1 Å². The van der Waals surface area contributed by atoms with Crippen molar-refractivity contribution in [3.8, 4) is 5.75 Å². The molecule has 0 aliphatic carbocycles. The van der Waals surface area contributed by atoms with Gasteiger partial charge in [0, 0.05) is 37.4 Å². The summed E-state index contributed by atoms with van der Waals surface area (Å²) in [4.78, 5) is 37.6. The Morgan fingerprint density at radius 2 is 1.60 bits per heavy atom. The highest BCUT2D eigenvalue weighted by Gasteiger charge is 2.38. The average Bonchev–Trinajstić information content (AvgIpc) is 3.54. The lowest BCUT2D eigenvalue weighted by molar-refractivity contribution is -0.121. The molecule has 55 heavy (non-hydrogen) atoms. The number of allylic oxidation sites excluding steroid dienone is 10. The first-order valence-corrected chi connectivity index (χ1v) is 22.6. The maximum absolute atomic E-state index is 13.8. The maximum Gasteiger partial charge on any atom is 0.458 e. The third-order valence-electron chi connectivity index (χ3n) is 7.83. The Morgan fingerprint density at radius 3 is 2.25 bits per heavy atom. The topological polar surface area (TPSA) is 161 Å². The molecule has 0 bridgehead atoms. The number of hydrogen-bond acceptors (Lipinski definition) is 10. The van der Waals surface area contributed by atoms with Gasteiger partial charge in [0.1, 0.15) is 18.1 Å². The van der Waals surface area contributed by atoms with Crippen LogP contribution in [0.25, 0.3) is 0 Å². The number of H-pyrrole nitrogens is 1. The van der Waals surface area contributed by atoms with E-state index in [0.29, 0.717) is 36.4 Å². The van der Waals surface area contributed by atoms with Crippen LogP contribution < -0.4 is 26.2 Å². The van der Waals surface area contributed by atoms with Gasteiger partial charge in [0.05, 0.1) is 18.9 Å². The maximum atomic E-state index is 13.8. The molecule has 0 saturated carbocycles. The number of aliphatic hydroxyl groups is 1. The highest BCUT2D eigenvalue weighted by molar-refractivity contribution is 8.76. The summed E-state index contributed by atoms with van der Waals surface area (Å²) in [5.74, 6) is 0.390. The number of aliphatic hydroxyl groups excluding tert-OH is 1. The molecule has 1 aliphatic rings. The van der Waals surface area contributed by atoms with Crippen LogP contribution in [-0.2, 0) is 18.6 Å². The fraction of sp³-hybridized carbons (Fsp3) is 0.462. The molecule has 16 heteroatoms. The molecule has 2 unspecified atom stereocenters. The lowest BCUT2D eigenvalue weighted by Crippen LogP contribution is -2.34. The van der Waals surface area contributed by atoms with Crippen LogP contribution >= 0.6 is 29.3 Å². The van der Waals surface area contributed by atoms with E-state index in [1.54, 1.807) is 41.1 Å². The number of nitrogens with one attached hydrogen (secondary N) is 3. The van der Waals surface area contributed by atoms with E-state index in [9.17, 15) is 28.4 Å². The van der Waals surface area contributed by atoms with Crippen LogP contribution in [0.1, 0.15) is 70.9 Å². The number of aromatic nitrogens is 2. The molecule has 1 amide bonds. The summed E-state index contributed by atoms with van der Waals surface area (Å²) >= 11 is 0. The Kier molecular flexibility index (Phi) is 22.7. The lowest BCUT2D eigenvalue weighted by atomic mass is 10.2. The first-order valence-electron chi connectivity index (χ1n) is 18.6. The first-order chi connectivity index (χ1) is 26.7. The molecule has 1 fully saturated rings. The van der Waals surface area contributed by atoms with Crippen molar-refractivity contribution < 1.29 is 32.6 Å². The van der Waals surface area contributed by atoms with Crippen LogP contribution in [0.3, 0.4) is 0 Å². The second-order valence-corrected chi connectivity index (χ2v) is 16.7. The molecule has 0 spiro atoms. The number of halogens is 1. The number of carbonyl (C=O) groups excluding carboxylic acids is 1. The molecule has 1 aromatic heterocycles. The summed E-state index contributed by atoms with van der Waals surface area (Å²) in [6.07, 6.45) is 26.0. The molecular weight excluding hydrogens is 767 g/mol. The summed E-state index contributed by atoms with van der Waals surface area (Å²) in [6.45, 7) is 2.57. The van der Waals surface area contributed by atoms with Gasteiger partial charge < -0.3 is 19.7 Å². The van der Waals surface area contributed by atoms with E-state index in [2.05, 4.69) is 78.1 Å². The van der Waals surface area contributed by atoms with Crippen molar-refractivity contribution in [2.75, 3.05) is 31.2 Å². The number of nitrogens with zero attached hydrogens (tertiary/aromatic N) is 1. The van der Waals surface area contributed by atoms with E-state index in [0.717, 1.165) is 49.5 Å². The molecule has 302 valence electrons. The zero-order valence-corrected chi connectivity index (χ0v) is 33.8. The van der Waals surface area contributed by atoms with Crippen LogP contribution in [-0.4, -0.2) is 64.0 Å². The largest absolute Gasteiger partial charge is 0.458 e. The van der Waals surface area contributed by atoms with Gasteiger partial charge in [-0.2, -0.15) is 4.39 Å². The zero-order chi connectivity index (χ0) is 39.6. The minimum Gasteiger partial charge on any atom is -0.413 e. The van der Waals surface area contributed by atoms with Crippen molar-refractivity contribution in [3.05, 3.63) is 124 Å². The zero-order valence-electron chi connectivity index (χ0n) is 31.3. The molecule has 12 nitrogen and oxygen atoms in total. The van der Waals surface area contributed by atoms with Crippen molar-refractivity contribution >= 4 is 35.2 Å². The Hall–Kier alpha value is -3.43. The van der Waals surface area contributed by atoms with Gasteiger partial charge in [0.15, 0.2) is 0 Å². The number of hydrogen-bond donors (Lipinski definition) is 4. The molecule has 3 rings (SSSR count). The Bertz CT molecular complexity index is 1730. The van der Waals surface area contributed by atoms with Crippen molar-refractivity contribution in [1.82, 2.24) is 20.0 Å². The van der Waals surface area contributed by atoms with E-state index in [4.69, 9.17) is 13.8 Å². The predicted molar refractivity (Wildman–Crippen MR) is 221 cm³/mol. The van der Waals surface area contributed by atoms with Gasteiger partial charge >= 0.3 is 13.4 Å². The van der Waals surface area contributed by atoms with Crippen LogP contribution in [0.4, 0.5) is 4.39 Å². The van der Waals surface area contributed by atoms with Gasteiger partial charge in [0.2, 0.25) is 11.7 Å². The minimum atomic E-state index is -3.95. The fourth-order valence-corrected chi connectivity index (χ4v) is 8.32. The third-order valence-corrected chi connectivity index (χ3v) is 11.8. The minimum absolute atomic E-state index is 0.0244. The average molecular weight is 821 g/mol. The smallest absolute Gasteiger partial charge is 0.413 e. The summed E-state index contributed by atoms with van der Waals surface area (Å²) in [5.41, 5.74) is -2.05. The van der Waals surface area contributed by atoms with Crippen LogP contribution in [0.5, 0.6) is 5.75 Å². The lowest BCUT2D eigenvalue weighted by Gasteiger charge is -2.22. The standard InChI is InChI=1S/C39H54FN4O8PS2/c1-2-3-4-5-6-7-8-9-10-11-12-13-14-15-16-17-21-24-36(46)41-25-27-54-55-28-26-42-53(49,52-32-22-19-18-20-23-32)50-31-35-34(45)29-37(51-35)44-30-33(40)38(47)43-39(44)48/h3-4,6-7,9-10,12-13,15-16,18-20,22-23,30,34-35,37,45H,2,5,8,11,14,17,21,24-29,31H2,1H3,(H,41,46)(H,42,49)(H,43,47,48)/b4-3-,7-6-,10-9-,13-12-,16-15-/t34-,35+,37?,53?/m0/s1. The molecule has 1 saturated heterocycles. The molecule has 2 aromatic rings. The van der Waals surface area contributed by atoms with Gasteiger partial charge in [-0.15, -0.1) is 0 Å². The van der Waals surface area contributed by atoms with Crippen molar-refractivity contribution in [1.29, 1.82) is 0 Å².